The third-order valence-electron chi connectivity index (χ3n) is 5.21. The lowest BCUT2D eigenvalue weighted by Crippen LogP contribution is -2.11. The highest BCUT2D eigenvalue weighted by Crippen LogP contribution is 2.38. The summed E-state index contributed by atoms with van der Waals surface area (Å²) in [5, 5.41) is 11.1. The molecule has 3 aromatic rings. The zero-order valence-electron chi connectivity index (χ0n) is 19.5. The number of carbonyl (C=O) groups excluding carboxylic acids is 2. The highest BCUT2D eigenvalue weighted by atomic mass is 79.9. The Morgan fingerprint density at radius 3 is 2.68 bits per heavy atom. The SMILES string of the molecule is CCOc1cc(/C=C2\N=C(c3ccc(Cl)c([N+](=O)[O-])c3)OC2=O)cc(Br)c1OC(=O)c1ccccc1C. The largest absolute Gasteiger partial charge is 0.490 e. The van der Waals surface area contributed by atoms with E-state index in [1.165, 1.54) is 24.3 Å². The number of nitro benzene ring substituents is 1. The van der Waals surface area contributed by atoms with Crippen LogP contribution >= 0.6 is 27.5 Å². The predicted molar refractivity (Wildman–Crippen MR) is 140 cm³/mol. The molecule has 1 aliphatic rings. The first kappa shape index (κ1) is 26.1. The van der Waals surface area contributed by atoms with Crippen molar-refractivity contribution in [2.24, 2.45) is 4.99 Å². The Morgan fingerprint density at radius 1 is 1.22 bits per heavy atom. The van der Waals surface area contributed by atoms with Gasteiger partial charge in [-0.1, -0.05) is 29.8 Å². The summed E-state index contributed by atoms with van der Waals surface area (Å²) in [6.45, 7) is 3.88. The van der Waals surface area contributed by atoms with Gasteiger partial charge in [-0.05, 0) is 77.3 Å². The molecule has 3 aromatic carbocycles. The van der Waals surface area contributed by atoms with Crippen LogP contribution in [0.25, 0.3) is 6.08 Å². The molecule has 188 valence electrons. The monoisotopic (exact) mass is 584 g/mol. The Labute approximate surface area is 224 Å². The second-order valence-electron chi connectivity index (χ2n) is 7.73. The summed E-state index contributed by atoms with van der Waals surface area (Å²) in [4.78, 5) is 40.0. The lowest BCUT2D eigenvalue weighted by molar-refractivity contribution is -0.384. The fourth-order valence-electron chi connectivity index (χ4n) is 3.46. The Hall–Kier alpha value is -4.02. The molecule has 0 bridgehead atoms. The van der Waals surface area contributed by atoms with Gasteiger partial charge in [0.15, 0.2) is 17.2 Å². The van der Waals surface area contributed by atoms with Crippen LogP contribution in [0.5, 0.6) is 11.5 Å². The lowest BCUT2D eigenvalue weighted by atomic mass is 10.1. The molecule has 0 radical (unpaired) electrons. The van der Waals surface area contributed by atoms with E-state index in [2.05, 4.69) is 20.9 Å². The third kappa shape index (κ3) is 5.71. The van der Waals surface area contributed by atoms with Crippen molar-refractivity contribution in [3.05, 3.63) is 102 Å². The molecule has 11 heteroatoms. The van der Waals surface area contributed by atoms with E-state index in [0.29, 0.717) is 22.2 Å². The van der Waals surface area contributed by atoms with Gasteiger partial charge in [0.1, 0.15) is 5.02 Å². The standard InChI is InChI=1S/C26H18BrClN2O7/c1-3-35-22-12-15(10-18(27)23(22)36-25(31)17-7-5-4-6-14(17)2)11-20-26(32)37-24(29-20)16-8-9-19(28)21(13-16)30(33)34/h4-13H,3H2,1-2H3/b20-11-. The highest BCUT2D eigenvalue weighted by molar-refractivity contribution is 9.10. The smallest absolute Gasteiger partial charge is 0.363 e. The minimum atomic E-state index is -0.739. The van der Waals surface area contributed by atoms with Gasteiger partial charge < -0.3 is 14.2 Å². The summed E-state index contributed by atoms with van der Waals surface area (Å²) < 4.78 is 17.0. The van der Waals surface area contributed by atoms with Crippen LogP contribution in [-0.2, 0) is 9.53 Å². The van der Waals surface area contributed by atoms with E-state index in [9.17, 15) is 19.7 Å². The molecular formula is C26H18BrClN2O7. The van der Waals surface area contributed by atoms with E-state index >= 15 is 0 Å². The number of benzene rings is 3. The average Bonchev–Trinajstić information content (AvgIpc) is 3.21. The van der Waals surface area contributed by atoms with Gasteiger partial charge in [0.25, 0.3) is 5.69 Å². The van der Waals surface area contributed by atoms with Crippen LogP contribution in [-0.4, -0.2) is 29.4 Å². The second-order valence-corrected chi connectivity index (χ2v) is 8.99. The Morgan fingerprint density at radius 2 is 1.97 bits per heavy atom. The van der Waals surface area contributed by atoms with Gasteiger partial charge in [0.05, 0.1) is 21.6 Å². The minimum Gasteiger partial charge on any atom is -0.490 e. The number of esters is 2. The van der Waals surface area contributed by atoms with Crippen molar-refractivity contribution < 1.29 is 28.7 Å². The quantitative estimate of drug-likeness (QED) is 0.105. The van der Waals surface area contributed by atoms with Crippen LogP contribution in [0.1, 0.15) is 34.0 Å². The van der Waals surface area contributed by atoms with Gasteiger partial charge in [0, 0.05) is 11.6 Å². The maximum Gasteiger partial charge on any atom is 0.363 e. The number of nitro groups is 1. The maximum atomic E-state index is 12.8. The zero-order chi connectivity index (χ0) is 26.7. The van der Waals surface area contributed by atoms with Crippen LogP contribution in [0, 0.1) is 17.0 Å². The number of aryl methyl sites for hydroxylation is 1. The number of aliphatic imine (C=N–C) groups is 1. The zero-order valence-corrected chi connectivity index (χ0v) is 21.8. The summed E-state index contributed by atoms with van der Waals surface area (Å²) in [6.07, 6.45) is 1.46. The fourth-order valence-corrected chi connectivity index (χ4v) is 4.19. The summed E-state index contributed by atoms with van der Waals surface area (Å²) in [5.41, 5.74) is 1.54. The molecule has 0 aromatic heterocycles. The first-order valence-electron chi connectivity index (χ1n) is 10.9. The van der Waals surface area contributed by atoms with Crippen molar-refractivity contribution in [3.63, 3.8) is 0 Å². The van der Waals surface area contributed by atoms with Crippen LogP contribution in [0.3, 0.4) is 0 Å². The number of halogens is 2. The number of cyclic esters (lactones) is 1. The van der Waals surface area contributed by atoms with Crippen molar-refractivity contribution >= 4 is 57.1 Å². The Kier molecular flexibility index (Phi) is 7.70. The molecule has 37 heavy (non-hydrogen) atoms. The normalized spacial score (nSPS) is 13.8. The maximum absolute atomic E-state index is 12.8. The number of carbonyl (C=O) groups is 2. The summed E-state index contributed by atoms with van der Waals surface area (Å²) >= 11 is 9.27. The van der Waals surface area contributed by atoms with E-state index in [-0.39, 0.29) is 39.4 Å². The molecule has 0 saturated heterocycles. The first-order valence-corrected chi connectivity index (χ1v) is 12.1. The van der Waals surface area contributed by atoms with Crippen molar-refractivity contribution in [1.82, 2.24) is 0 Å². The van der Waals surface area contributed by atoms with E-state index < -0.39 is 16.9 Å². The average molecular weight is 586 g/mol. The summed E-state index contributed by atoms with van der Waals surface area (Å²) in [6, 6.07) is 14.2. The highest BCUT2D eigenvalue weighted by Gasteiger charge is 2.27. The molecule has 0 amide bonds. The summed E-state index contributed by atoms with van der Waals surface area (Å²) in [5.74, 6) is -0.921. The van der Waals surface area contributed by atoms with Crippen LogP contribution in [0.2, 0.25) is 5.02 Å². The van der Waals surface area contributed by atoms with Crippen LogP contribution in [0.15, 0.2) is 69.8 Å². The molecule has 0 aliphatic carbocycles. The number of rotatable bonds is 7. The molecule has 0 atom stereocenters. The van der Waals surface area contributed by atoms with Gasteiger partial charge in [-0.25, -0.2) is 14.6 Å². The molecule has 4 rings (SSSR count). The van der Waals surface area contributed by atoms with Crippen LogP contribution in [0.4, 0.5) is 5.69 Å². The molecular weight excluding hydrogens is 568 g/mol. The van der Waals surface area contributed by atoms with Crippen LogP contribution < -0.4 is 9.47 Å². The number of ether oxygens (including phenoxy) is 3. The molecule has 0 saturated carbocycles. The number of hydrogen-bond donors (Lipinski definition) is 0. The molecule has 1 heterocycles. The molecule has 0 spiro atoms. The minimum absolute atomic E-state index is 0.0355. The van der Waals surface area contributed by atoms with Gasteiger partial charge in [-0.15, -0.1) is 0 Å². The van der Waals surface area contributed by atoms with E-state index in [0.717, 1.165) is 5.56 Å². The van der Waals surface area contributed by atoms with E-state index in [1.807, 2.05) is 19.1 Å². The number of hydrogen-bond acceptors (Lipinski definition) is 8. The topological polar surface area (TPSA) is 117 Å². The lowest BCUT2D eigenvalue weighted by Gasteiger charge is -2.14. The first-order chi connectivity index (χ1) is 17.7. The molecule has 0 fully saturated rings. The third-order valence-corrected chi connectivity index (χ3v) is 6.11. The van der Waals surface area contributed by atoms with Gasteiger partial charge >= 0.3 is 11.9 Å². The van der Waals surface area contributed by atoms with Crippen molar-refractivity contribution in [1.29, 1.82) is 0 Å². The fraction of sp³-hybridized carbons (Fsp3) is 0.115. The van der Waals surface area contributed by atoms with Crippen molar-refractivity contribution in [2.45, 2.75) is 13.8 Å². The second kappa shape index (κ2) is 10.9. The molecule has 0 N–H and O–H groups in total. The van der Waals surface area contributed by atoms with E-state index in [4.69, 9.17) is 25.8 Å². The van der Waals surface area contributed by atoms with Crippen molar-refractivity contribution in [3.8, 4) is 11.5 Å². The molecule has 1 aliphatic heterocycles. The van der Waals surface area contributed by atoms with Crippen molar-refractivity contribution in [2.75, 3.05) is 6.61 Å². The molecule has 9 nitrogen and oxygen atoms in total. The Bertz CT molecular complexity index is 1500. The summed E-state index contributed by atoms with van der Waals surface area (Å²) in [7, 11) is 0. The Balaban J connectivity index is 1.67. The van der Waals surface area contributed by atoms with Gasteiger partial charge in [0.2, 0.25) is 5.90 Å². The van der Waals surface area contributed by atoms with Gasteiger partial charge in [-0.3, -0.25) is 10.1 Å². The van der Waals surface area contributed by atoms with E-state index in [1.54, 1.807) is 31.2 Å². The van der Waals surface area contributed by atoms with Gasteiger partial charge in [-0.2, -0.15) is 0 Å². The number of nitrogens with zero attached hydrogens (tertiary/aromatic N) is 2. The molecule has 0 unspecified atom stereocenters. The predicted octanol–water partition coefficient (Wildman–Crippen LogP) is 6.28.